The van der Waals surface area contributed by atoms with Gasteiger partial charge in [-0.15, -0.1) is 0 Å². The molecule has 7 nitrogen and oxygen atoms in total. The molecule has 0 fully saturated rings. The third kappa shape index (κ3) is 3.74. The summed E-state index contributed by atoms with van der Waals surface area (Å²) >= 11 is 3.18. The molecule has 138 valence electrons. The molecule has 1 atom stereocenters. The predicted molar refractivity (Wildman–Crippen MR) is 103 cm³/mol. The number of pyridine rings is 1. The van der Waals surface area contributed by atoms with Gasteiger partial charge < -0.3 is 10.6 Å². The van der Waals surface area contributed by atoms with Crippen LogP contribution in [0.5, 0.6) is 0 Å². The lowest BCUT2D eigenvalue weighted by Crippen LogP contribution is -2.38. The number of benzene rings is 1. The van der Waals surface area contributed by atoms with Gasteiger partial charge in [0.15, 0.2) is 0 Å². The van der Waals surface area contributed by atoms with E-state index in [0.717, 1.165) is 17.7 Å². The Morgan fingerprint density at radius 3 is 2.92 bits per heavy atom. The van der Waals surface area contributed by atoms with Crippen LogP contribution in [-0.2, 0) is 21.2 Å². The van der Waals surface area contributed by atoms with Crippen molar-refractivity contribution >= 4 is 43.4 Å². The van der Waals surface area contributed by atoms with Crippen molar-refractivity contribution in [3.05, 3.63) is 46.6 Å². The Balaban J connectivity index is 1.66. The summed E-state index contributed by atoms with van der Waals surface area (Å²) in [6.45, 7) is 1.97. The van der Waals surface area contributed by atoms with Gasteiger partial charge in [-0.3, -0.25) is 4.79 Å². The van der Waals surface area contributed by atoms with Crippen molar-refractivity contribution in [1.82, 2.24) is 9.71 Å². The zero-order valence-electron chi connectivity index (χ0n) is 14.1. The minimum Gasteiger partial charge on any atom is -0.383 e. The van der Waals surface area contributed by atoms with Gasteiger partial charge in [0.2, 0.25) is 15.9 Å². The van der Waals surface area contributed by atoms with Crippen molar-refractivity contribution in [3.63, 3.8) is 0 Å². The number of nitrogens with two attached hydrogens (primary N) is 1. The van der Waals surface area contributed by atoms with Crippen molar-refractivity contribution in [2.75, 3.05) is 17.2 Å². The molecule has 2 aromatic rings. The first kappa shape index (κ1) is 18.8. The number of fused-ring (bicyclic) bond motifs is 1. The molecule has 3 N–H and O–H groups in total. The van der Waals surface area contributed by atoms with Crippen LogP contribution in [0.2, 0.25) is 0 Å². The average Bonchev–Trinajstić information content (AvgIpc) is 2.92. The molecule has 0 saturated heterocycles. The highest BCUT2D eigenvalue weighted by molar-refractivity contribution is 9.10. The van der Waals surface area contributed by atoms with E-state index >= 15 is 0 Å². The number of carbonyl (C=O) groups is 1. The Kier molecular flexibility index (Phi) is 5.31. The molecule has 0 radical (unpaired) electrons. The standard InChI is InChI=1S/C17H19BrN4O3S/c1-11-8-12-4-2-3-5-14(12)22(11)16(23)6-7-21-26(24,25)15-9-13(18)10-20-17(15)19/h2-5,9-11,21H,6-8H2,1H3,(H2,19,20). The molecule has 1 amide bonds. The summed E-state index contributed by atoms with van der Waals surface area (Å²) in [5.41, 5.74) is 7.67. The predicted octanol–water partition coefficient (Wildman–Crippen LogP) is 2.07. The molecule has 2 heterocycles. The lowest BCUT2D eigenvalue weighted by Gasteiger charge is -2.22. The minimum absolute atomic E-state index is 0.0154. The molecule has 0 saturated carbocycles. The van der Waals surface area contributed by atoms with Crippen molar-refractivity contribution in [1.29, 1.82) is 0 Å². The molecule has 1 aliphatic rings. The number of rotatable bonds is 5. The molecule has 1 aromatic heterocycles. The number of carbonyl (C=O) groups excluding carboxylic acids is 1. The first-order valence-electron chi connectivity index (χ1n) is 8.10. The third-order valence-electron chi connectivity index (χ3n) is 4.24. The third-order valence-corrected chi connectivity index (χ3v) is 6.17. The first-order valence-corrected chi connectivity index (χ1v) is 10.4. The highest BCUT2D eigenvalue weighted by Gasteiger charge is 2.30. The fraction of sp³-hybridized carbons (Fsp3) is 0.294. The topological polar surface area (TPSA) is 105 Å². The van der Waals surface area contributed by atoms with Crippen molar-refractivity contribution < 1.29 is 13.2 Å². The van der Waals surface area contributed by atoms with Gasteiger partial charge in [0.1, 0.15) is 10.7 Å². The van der Waals surface area contributed by atoms with Crippen molar-refractivity contribution in [2.24, 2.45) is 0 Å². The van der Waals surface area contributed by atoms with Gasteiger partial charge in [0.25, 0.3) is 0 Å². The monoisotopic (exact) mass is 438 g/mol. The van der Waals surface area contributed by atoms with E-state index in [4.69, 9.17) is 5.73 Å². The molecule has 3 rings (SSSR count). The number of para-hydroxylation sites is 1. The molecular formula is C17H19BrN4O3S. The number of hydrogen-bond donors (Lipinski definition) is 2. The summed E-state index contributed by atoms with van der Waals surface area (Å²) in [4.78, 5) is 18.1. The number of hydrogen-bond acceptors (Lipinski definition) is 5. The van der Waals surface area contributed by atoms with Crippen LogP contribution in [0, 0.1) is 0 Å². The highest BCUT2D eigenvalue weighted by atomic mass is 79.9. The number of nitrogen functional groups attached to an aromatic ring is 1. The van der Waals surface area contributed by atoms with E-state index in [1.807, 2.05) is 31.2 Å². The minimum atomic E-state index is -3.84. The summed E-state index contributed by atoms with van der Waals surface area (Å²) < 4.78 is 27.7. The zero-order valence-corrected chi connectivity index (χ0v) is 16.5. The Bertz CT molecular complexity index is 949. The molecule has 0 bridgehead atoms. The van der Waals surface area contributed by atoms with E-state index < -0.39 is 10.0 Å². The summed E-state index contributed by atoms with van der Waals surface area (Å²) in [7, 11) is -3.84. The van der Waals surface area contributed by atoms with Crippen LogP contribution in [0.15, 0.2) is 45.9 Å². The molecule has 26 heavy (non-hydrogen) atoms. The second-order valence-electron chi connectivity index (χ2n) is 6.13. The number of nitrogens with one attached hydrogen (secondary N) is 1. The van der Waals surface area contributed by atoms with Crippen LogP contribution in [0.1, 0.15) is 18.9 Å². The van der Waals surface area contributed by atoms with Crippen LogP contribution < -0.4 is 15.4 Å². The zero-order chi connectivity index (χ0) is 18.9. The summed E-state index contributed by atoms with van der Waals surface area (Å²) in [6.07, 6.45) is 2.28. The molecule has 0 aliphatic carbocycles. The summed E-state index contributed by atoms with van der Waals surface area (Å²) in [6, 6.07) is 9.19. The van der Waals surface area contributed by atoms with E-state index in [2.05, 4.69) is 25.6 Å². The number of anilines is 2. The van der Waals surface area contributed by atoms with Crippen molar-refractivity contribution in [2.45, 2.75) is 30.7 Å². The van der Waals surface area contributed by atoms with Gasteiger partial charge in [-0.05, 0) is 47.0 Å². The van der Waals surface area contributed by atoms with Crippen LogP contribution in [0.3, 0.4) is 0 Å². The van der Waals surface area contributed by atoms with E-state index in [1.165, 1.54) is 12.3 Å². The maximum atomic E-state index is 12.6. The van der Waals surface area contributed by atoms with Crippen LogP contribution in [-0.4, -0.2) is 31.9 Å². The van der Waals surface area contributed by atoms with E-state index in [-0.39, 0.29) is 35.6 Å². The largest absolute Gasteiger partial charge is 0.383 e. The average molecular weight is 439 g/mol. The Morgan fingerprint density at radius 2 is 2.15 bits per heavy atom. The second-order valence-corrected chi connectivity index (χ2v) is 8.78. The van der Waals surface area contributed by atoms with Gasteiger partial charge in [-0.25, -0.2) is 18.1 Å². The number of halogens is 1. The number of sulfonamides is 1. The summed E-state index contributed by atoms with van der Waals surface area (Å²) in [5.74, 6) is -0.209. The molecule has 1 unspecified atom stereocenters. The Labute approximate surface area is 160 Å². The van der Waals surface area contributed by atoms with E-state index in [0.29, 0.717) is 4.47 Å². The Morgan fingerprint density at radius 1 is 1.42 bits per heavy atom. The maximum Gasteiger partial charge on any atom is 0.244 e. The SMILES string of the molecule is CC1Cc2ccccc2N1C(=O)CCNS(=O)(=O)c1cc(Br)cnc1N. The summed E-state index contributed by atoms with van der Waals surface area (Å²) in [5, 5.41) is 0. The van der Waals surface area contributed by atoms with Gasteiger partial charge in [-0.2, -0.15) is 0 Å². The van der Waals surface area contributed by atoms with Crippen LogP contribution in [0.25, 0.3) is 0 Å². The molecular weight excluding hydrogens is 420 g/mol. The fourth-order valence-electron chi connectivity index (χ4n) is 3.08. The molecule has 0 spiro atoms. The number of amides is 1. The van der Waals surface area contributed by atoms with Gasteiger partial charge >= 0.3 is 0 Å². The lowest BCUT2D eigenvalue weighted by molar-refractivity contribution is -0.118. The number of aromatic nitrogens is 1. The van der Waals surface area contributed by atoms with Gasteiger partial charge in [0.05, 0.1) is 0 Å². The lowest BCUT2D eigenvalue weighted by atomic mass is 10.1. The quantitative estimate of drug-likeness (QED) is 0.742. The van der Waals surface area contributed by atoms with E-state index in [9.17, 15) is 13.2 Å². The molecule has 9 heteroatoms. The van der Waals surface area contributed by atoms with Crippen LogP contribution >= 0.6 is 15.9 Å². The van der Waals surface area contributed by atoms with Crippen molar-refractivity contribution in [3.8, 4) is 0 Å². The second kappa shape index (κ2) is 7.34. The molecule has 1 aromatic carbocycles. The maximum absolute atomic E-state index is 12.6. The van der Waals surface area contributed by atoms with Crippen LogP contribution in [0.4, 0.5) is 11.5 Å². The molecule has 1 aliphatic heterocycles. The van der Waals surface area contributed by atoms with Gasteiger partial charge in [0, 0.05) is 35.4 Å². The smallest absolute Gasteiger partial charge is 0.244 e. The van der Waals surface area contributed by atoms with E-state index in [1.54, 1.807) is 4.90 Å². The number of nitrogens with zero attached hydrogens (tertiary/aromatic N) is 2. The Hall–Kier alpha value is -1.97. The fourth-order valence-corrected chi connectivity index (χ4v) is 4.70. The first-order chi connectivity index (χ1) is 12.3. The highest BCUT2D eigenvalue weighted by Crippen LogP contribution is 2.32. The normalized spacial score (nSPS) is 16.5. The van der Waals surface area contributed by atoms with Gasteiger partial charge in [-0.1, -0.05) is 18.2 Å².